The Morgan fingerprint density at radius 1 is 1.17 bits per heavy atom. The van der Waals surface area contributed by atoms with Gasteiger partial charge in [-0.1, -0.05) is 24.3 Å². The van der Waals surface area contributed by atoms with E-state index in [0.29, 0.717) is 11.8 Å². The van der Waals surface area contributed by atoms with E-state index in [1.165, 1.54) is 24.0 Å². The van der Waals surface area contributed by atoms with Crippen LogP contribution in [0.5, 0.6) is 0 Å². The van der Waals surface area contributed by atoms with Crippen LogP contribution in [0.15, 0.2) is 36.7 Å². The van der Waals surface area contributed by atoms with Crippen LogP contribution in [0.2, 0.25) is 0 Å². The molecule has 0 saturated heterocycles. The number of fused-ring (bicyclic) bond motifs is 1. The lowest BCUT2D eigenvalue weighted by atomic mass is 9.82. The highest BCUT2D eigenvalue weighted by atomic mass is 35.5. The van der Waals surface area contributed by atoms with Crippen molar-refractivity contribution in [1.29, 1.82) is 0 Å². The number of alkyl halides is 1. The van der Waals surface area contributed by atoms with Crippen LogP contribution in [0.3, 0.4) is 0 Å². The lowest BCUT2D eigenvalue weighted by Crippen LogP contribution is -2.13. The van der Waals surface area contributed by atoms with E-state index in [9.17, 15) is 0 Å². The Morgan fingerprint density at radius 3 is 2.72 bits per heavy atom. The molecular formula is C15H15ClN2. The first-order valence-electron chi connectivity index (χ1n) is 6.33. The van der Waals surface area contributed by atoms with Gasteiger partial charge in [-0.2, -0.15) is 0 Å². The third-order valence-electron chi connectivity index (χ3n) is 3.56. The largest absolute Gasteiger partial charge is 0.240 e. The number of benzene rings is 1. The second-order valence-electron chi connectivity index (χ2n) is 4.73. The molecule has 3 rings (SSSR count). The average Bonchev–Trinajstić information content (AvgIpc) is 2.47. The van der Waals surface area contributed by atoms with Gasteiger partial charge in [-0.15, -0.1) is 11.6 Å². The van der Waals surface area contributed by atoms with Gasteiger partial charge in [0.15, 0.2) is 0 Å². The predicted octanol–water partition coefficient (Wildman–Crippen LogP) is 3.68. The second-order valence-corrected chi connectivity index (χ2v) is 4.99. The van der Waals surface area contributed by atoms with E-state index in [1.54, 1.807) is 0 Å². The SMILES string of the molecule is ClCc1cnc(C2CCCc3ccccc32)nc1. The Kier molecular flexibility index (Phi) is 3.28. The summed E-state index contributed by atoms with van der Waals surface area (Å²) in [5.74, 6) is 1.75. The topological polar surface area (TPSA) is 25.8 Å². The van der Waals surface area contributed by atoms with Gasteiger partial charge < -0.3 is 0 Å². The van der Waals surface area contributed by atoms with Crippen molar-refractivity contribution in [2.75, 3.05) is 0 Å². The first-order valence-corrected chi connectivity index (χ1v) is 6.86. The van der Waals surface area contributed by atoms with Crippen LogP contribution >= 0.6 is 11.6 Å². The third-order valence-corrected chi connectivity index (χ3v) is 3.87. The molecule has 1 atom stereocenters. The standard InChI is InChI=1S/C15H15ClN2/c16-8-11-9-17-15(18-10-11)14-7-3-5-12-4-1-2-6-13(12)14/h1-2,4,6,9-10,14H,3,5,7-8H2. The minimum absolute atomic E-state index is 0.347. The molecule has 0 bridgehead atoms. The summed E-state index contributed by atoms with van der Waals surface area (Å²) in [6.07, 6.45) is 7.20. The maximum absolute atomic E-state index is 5.77. The summed E-state index contributed by atoms with van der Waals surface area (Å²) in [6, 6.07) is 8.63. The Labute approximate surface area is 112 Å². The van der Waals surface area contributed by atoms with Crippen molar-refractivity contribution in [3.8, 4) is 0 Å². The molecule has 1 aliphatic rings. The number of aryl methyl sites for hydroxylation is 1. The Hall–Kier alpha value is -1.41. The van der Waals surface area contributed by atoms with E-state index >= 15 is 0 Å². The van der Waals surface area contributed by atoms with Gasteiger partial charge in [0.2, 0.25) is 0 Å². The van der Waals surface area contributed by atoms with Crippen molar-refractivity contribution >= 4 is 11.6 Å². The summed E-state index contributed by atoms with van der Waals surface area (Å²) in [5.41, 5.74) is 3.81. The normalized spacial score (nSPS) is 18.4. The molecule has 3 heteroatoms. The van der Waals surface area contributed by atoms with Crippen molar-refractivity contribution in [3.63, 3.8) is 0 Å². The average molecular weight is 259 g/mol. The van der Waals surface area contributed by atoms with E-state index in [-0.39, 0.29) is 0 Å². The van der Waals surface area contributed by atoms with Crippen LogP contribution in [-0.2, 0) is 12.3 Å². The zero-order valence-electron chi connectivity index (χ0n) is 10.1. The molecule has 2 nitrogen and oxygen atoms in total. The number of hydrogen-bond donors (Lipinski definition) is 0. The molecule has 1 aliphatic carbocycles. The highest BCUT2D eigenvalue weighted by Gasteiger charge is 2.23. The maximum atomic E-state index is 5.77. The molecule has 1 heterocycles. The van der Waals surface area contributed by atoms with Crippen LogP contribution in [0.25, 0.3) is 0 Å². The second kappa shape index (κ2) is 5.07. The predicted molar refractivity (Wildman–Crippen MR) is 72.8 cm³/mol. The monoisotopic (exact) mass is 258 g/mol. The molecular weight excluding hydrogens is 244 g/mol. The summed E-state index contributed by atoms with van der Waals surface area (Å²) >= 11 is 5.77. The van der Waals surface area contributed by atoms with E-state index in [1.807, 2.05) is 12.4 Å². The maximum Gasteiger partial charge on any atom is 0.135 e. The van der Waals surface area contributed by atoms with Crippen molar-refractivity contribution in [1.82, 2.24) is 9.97 Å². The fourth-order valence-electron chi connectivity index (χ4n) is 2.64. The molecule has 1 unspecified atom stereocenters. The highest BCUT2D eigenvalue weighted by molar-refractivity contribution is 6.17. The number of halogens is 1. The van der Waals surface area contributed by atoms with Gasteiger partial charge in [0, 0.05) is 23.9 Å². The van der Waals surface area contributed by atoms with Gasteiger partial charge in [-0.25, -0.2) is 9.97 Å². The van der Waals surface area contributed by atoms with Gasteiger partial charge in [0.1, 0.15) is 5.82 Å². The molecule has 92 valence electrons. The molecule has 0 spiro atoms. The van der Waals surface area contributed by atoms with Crippen LogP contribution in [0.1, 0.15) is 41.3 Å². The first kappa shape index (κ1) is 11.7. The Balaban J connectivity index is 1.97. The van der Waals surface area contributed by atoms with Gasteiger partial charge in [-0.3, -0.25) is 0 Å². The molecule has 18 heavy (non-hydrogen) atoms. The number of rotatable bonds is 2. The van der Waals surface area contributed by atoms with Crippen LogP contribution < -0.4 is 0 Å². The van der Waals surface area contributed by atoms with Gasteiger partial charge in [0.25, 0.3) is 0 Å². The smallest absolute Gasteiger partial charge is 0.135 e. The molecule has 0 N–H and O–H groups in total. The van der Waals surface area contributed by atoms with E-state index in [0.717, 1.165) is 17.8 Å². The molecule has 0 aliphatic heterocycles. The molecule has 0 saturated carbocycles. The van der Waals surface area contributed by atoms with Gasteiger partial charge >= 0.3 is 0 Å². The van der Waals surface area contributed by atoms with Gasteiger partial charge in [0.05, 0.1) is 5.88 Å². The van der Waals surface area contributed by atoms with Crippen molar-refractivity contribution in [2.45, 2.75) is 31.1 Å². The summed E-state index contributed by atoms with van der Waals surface area (Å²) < 4.78 is 0. The zero-order valence-corrected chi connectivity index (χ0v) is 10.9. The number of hydrogen-bond acceptors (Lipinski definition) is 2. The fraction of sp³-hybridized carbons (Fsp3) is 0.333. The molecule has 0 radical (unpaired) electrons. The van der Waals surface area contributed by atoms with E-state index in [2.05, 4.69) is 34.2 Å². The van der Waals surface area contributed by atoms with E-state index in [4.69, 9.17) is 11.6 Å². The lowest BCUT2D eigenvalue weighted by molar-refractivity contribution is 0.589. The van der Waals surface area contributed by atoms with Crippen LogP contribution in [0, 0.1) is 0 Å². The molecule has 2 aromatic rings. The lowest BCUT2D eigenvalue weighted by Gasteiger charge is -2.24. The van der Waals surface area contributed by atoms with E-state index < -0.39 is 0 Å². The summed E-state index contributed by atoms with van der Waals surface area (Å²) in [6.45, 7) is 0. The Morgan fingerprint density at radius 2 is 1.94 bits per heavy atom. The third kappa shape index (κ3) is 2.13. The summed E-state index contributed by atoms with van der Waals surface area (Å²) in [4.78, 5) is 8.95. The van der Waals surface area contributed by atoms with Crippen molar-refractivity contribution in [3.05, 3.63) is 59.2 Å². The molecule has 0 amide bonds. The van der Waals surface area contributed by atoms with Crippen LogP contribution in [0.4, 0.5) is 0 Å². The highest BCUT2D eigenvalue weighted by Crippen LogP contribution is 2.34. The molecule has 1 aromatic heterocycles. The minimum atomic E-state index is 0.347. The minimum Gasteiger partial charge on any atom is -0.240 e. The zero-order chi connectivity index (χ0) is 12.4. The summed E-state index contributed by atoms with van der Waals surface area (Å²) in [7, 11) is 0. The van der Waals surface area contributed by atoms with Crippen molar-refractivity contribution < 1.29 is 0 Å². The molecule has 1 aromatic carbocycles. The molecule has 0 fully saturated rings. The van der Waals surface area contributed by atoms with Crippen molar-refractivity contribution in [2.24, 2.45) is 0 Å². The number of nitrogens with zero attached hydrogens (tertiary/aromatic N) is 2. The summed E-state index contributed by atoms with van der Waals surface area (Å²) in [5, 5.41) is 0. The Bertz CT molecular complexity index is 536. The fourth-order valence-corrected chi connectivity index (χ4v) is 2.77. The van der Waals surface area contributed by atoms with Crippen LogP contribution in [-0.4, -0.2) is 9.97 Å². The van der Waals surface area contributed by atoms with Gasteiger partial charge in [-0.05, 0) is 30.4 Å². The number of aromatic nitrogens is 2. The first-order chi connectivity index (χ1) is 8.88. The quantitative estimate of drug-likeness (QED) is 0.768.